The molecule has 4 rings (SSSR count). The Hall–Kier alpha value is -3.67. The number of benzene rings is 3. The Bertz CT molecular complexity index is 1240. The topological polar surface area (TPSA) is 82.2 Å². The Morgan fingerprint density at radius 2 is 1.71 bits per heavy atom. The predicted octanol–water partition coefficient (Wildman–Crippen LogP) is 5.37. The summed E-state index contributed by atoms with van der Waals surface area (Å²) in [5, 5.41) is 11.7. The second-order valence-electron chi connectivity index (χ2n) is 10.2. The fourth-order valence-corrected chi connectivity index (χ4v) is 4.64. The van der Waals surface area contributed by atoms with Crippen molar-refractivity contribution in [2.75, 3.05) is 12.8 Å². The van der Waals surface area contributed by atoms with E-state index in [1.54, 1.807) is 13.1 Å². The largest absolute Gasteiger partial charge is 0.399 e. The quantitative estimate of drug-likeness (QED) is 0.462. The molecule has 4 N–H and O–H groups in total. The van der Waals surface area contributed by atoms with Crippen LogP contribution in [0.3, 0.4) is 0 Å². The van der Waals surface area contributed by atoms with Crippen molar-refractivity contribution in [3.05, 3.63) is 89.2 Å². The van der Waals surface area contributed by atoms with Crippen LogP contribution in [-0.4, -0.2) is 23.8 Å². The van der Waals surface area contributed by atoms with Gasteiger partial charge in [-0.25, -0.2) is 4.39 Å². The lowest BCUT2D eigenvalue weighted by Crippen LogP contribution is -2.62. The molecule has 0 saturated carbocycles. The molecule has 3 aromatic rings. The highest BCUT2D eigenvalue weighted by atomic mass is 19.1. The number of nitrogens with two attached hydrogens (primary N) is 1. The first-order valence-electron chi connectivity index (χ1n) is 11.3. The number of hydrogen-bond donors (Lipinski definition) is 3. The molecule has 1 aliphatic rings. The van der Waals surface area contributed by atoms with Gasteiger partial charge in [-0.05, 0) is 64.4 Å². The first-order chi connectivity index (χ1) is 15.9. The van der Waals surface area contributed by atoms with Crippen LogP contribution in [0.4, 0.5) is 10.1 Å². The molecule has 3 aromatic carbocycles. The van der Waals surface area contributed by atoms with E-state index in [-0.39, 0.29) is 17.3 Å². The number of hydrogen-bond acceptors (Lipinski definition) is 3. The van der Waals surface area contributed by atoms with Crippen LogP contribution in [0.1, 0.15) is 50.3 Å². The maximum absolute atomic E-state index is 14.0. The van der Waals surface area contributed by atoms with Crippen LogP contribution >= 0.6 is 0 Å². The SMILES string of the molecule is CN1C(=N)N[C@](C)(c2cccc(-c3cc(N)cc(F)c3)c2)C(c2ccc(C(C)(C)C)cc2)C1=O. The summed E-state index contributed by atoms with van der Waals surface area (Å²) in [6, 6.07) is 20.2. The van der Waals surface area contributed by atoms with Crippen molar-refractivity contribution in [2.24, 2.45) is 0 Å². The number of nitrogen functional groups attached to an aromatic ring is 1. The van der Waals surface area contributed by atoms with E-state index in [0.29, 0.717) is 11.3 Å². The minimum atomic E-state index is -0.890. The molecule has 5 nitrogen and oxygen atoms in total. The lowest BCUT2D eigenvalue weighted by Gasteiger charge is -2.46. The third-order valence-corrected chi connectivity index (χ3v) is 6.69. The van der Waals surface area contributed by atoms with Gasteiger partial charge in [0.05, 0.1) is 11.5 Å². The highest BCUT2D eigenvalue weighted by molar-refractivity contribution is 6.02. The number of guanidine groups is 1. The van der Waals surface area contributed by atoms with Gasteiger partial charge in [0.15, 0.2) is 5.96 Å². The maximum Gasteiger partial charge on any atom is 0.239 e. The van der Waals surface area contributed by atoms with Crippen LogP contribution in [0.5, 0.6) is 0 Å². The third-order valence-electron chi connectivity index (χ3n) is 6.69. The second-order valence-corrected chi connectivity index (χ2v) is 10.2. The molecule has 1 heterocycles. The Labute approximate surface area is 200 Å². The predicted molar refractivity (Wildman–Crippen MR) is 135 cm³/mol. The zero-order valence-electron chi connectivity index (χ0n) is 20.2. The van der Waals surface area contributed by atoms with Crippen LogP contribution in [0.25, 0.3) is 11.1 Å². The molecular formula is C28H31FN4O. The number of likely N-dealkylation sites (N-methyl/N-ethyl adjacent to an activating group) is 1. The first-order valence-corrected chi connectivity index (χ1v) is 11.3. The van der Waals surface area contributed by atoms with Gasteiger partial charge in [-0.2, -0.15) is 0 Å². The molecule has 1 unspecified atom stereocenters. The number of carbonyl (C=O) groups is 1. The third kappa shape index (κ3) is 4.16. The number of nitrogens with one attached hydrogen (secondary N) is 2. The molecule has 0 aromatic heterocycles. The van der Waals surface area contributed by atoms with E-state index >= 15 is 0 Å². The Kier molecular flexibility index (Phi) is 5.72. The number of halogens is 1. The first kappa shape index (κ1) is 23.5. The molecule has 34 heavy (non-hydrogen) atoms. The molecule has 176 valence electrons. The fourth-order valence-electron chi connectivity index (χ4n) is 4.64. The van der Waals surface area contributed by atoms with Crippen LogP contribution in [-0.2, 0) is 15.7 Å². The highest BCUT2D eigenvalue weighted by Crippen LogP contribution is 2.42. The number of anilines is 1. The Morgan fingerprint density at radius 3 is 2.32 bits per heavy atom. The summed E-state index contributed by atoms with van der Waals surface area (Å²) in [7, 11) is 1.61. The van der Waals surface area contributed by atoms with E-state index in [4.69, 9.17) is 11.1 Å². The molecule has 0 radical (unpaired) electrons. The van der Waals surface area contributed by atoms with Gasteiger partial charge in [-0.15, -0.1) is 0 Å². The minimum Gasteiger partial charge on any atom is -0.399 e. The zero-order chi connectivity index (χ0) is 24.8. The van der Waals surface area contributed by atoms with Crippen molar-refractivity contribution in [1.82, 2.24) is 10.2 Å². The second kappa shape index (κ2) is 8.28. The van der Waals surface area contributed by atoms with Gasteiger partial charge in [0, 0.05) is 12.7 Å². The van der Waals surface area contributed by atoms with Crippen molar-refractivity contribution >= 4 is 17.6 Å². The average molecular weight is 459 g/mol. The summed E-state index contributed by atoms with van der Waals surface area (Å²) in [6.07, 6.45) is 0. The molecule has 1 amide bonds. The van der Waals surface area contributed by atoms with Gasteiger partial charge in [0.1, 0.15) is 5.82 Å². The van der Waals surface area contributed by atoms with E-state index in [0.717, 1.165) is 16.7 Å². The lowest BCUT2D eigenvalue weighted by molar-refractivity contribution is -0.131. The molecule has 1 saturated heterocycles. The van der Waals surface area contributed by atoms with Crippen molar-refractivity contribution in [2.45, 2.75) is 44.6 Å². The Morgan fingerprint density at radius 1 is 1.03 bits per heavy atom. The smallest absolute Gasteiger partial charge is 0.239 e. The standard InChI is InChI=1S/C28H31FN4O/c1-27(2,3)20-11-9-17(10-12-20)24-25(34)33(5)26(31)32-28(24,4)21-8-6-7-18(13-21)19-14-22(29)16-23(30)15-19/h6-16,24H,30H2,1-5H3,(H2,31,32)/t24?,28-/m1/s1. The van der Waals surface area contributed by atoms with Crippen molar-refractivity contribution < 1.29 is 9.18 Å². The summed E-state index contributed by atoms with van der Waals surface area (Å²) >= 11 is 0. The number of rotatable bonds is 3. The Balaban J connectivity index is 1.83. The van der Waals surface area contributed by atoms with Gasteiger partial charge >= 0.3 is 0 Å². The van der Waals surface area contributed by atoms with Gasteiger partial charge in [0.25, 0.3) is 0 Å². The summed E-state index contributed by atoms with van der Waals surface area (Å²) in [5.41, 5.74) is 9.63. The number of nitrogens with zero attached hydrogens (tertiary/aromatic N) is 1. The van der Waals surface area contributed by atoms with Crippen molar-refractivity contribution in [3.63, 3.8) is 0 Å². The molecule has 2 atom stereocenters. The average Bonchev–Trinajstić information content (AvgIpc) is 2.77. The number of amides is 1. The normalized spacial score (nSPS) is 20.9. The van der Waals surface area contributed by atoms with E-state index in [1.807, 2.05) is 43.3 Å². The summed E-state index contributed by atoms with van der Waals surface area (Å²) in [6.45, 7) is 8.39. The molecule has 6 heteroatoms. The molecule has 0 bridgehead atoms. The fraction of sp³-hybridized carbons (Fsp3) is 0.286. The number of carbonyl (C=O) groups excluding carboxylic acids is 1. The van der Waals surface area contributed by atoms with Crippen LogP contribution in [0.15, 0.2) is 66.7 Å². The molecule has 1 fully saturated rings. The monoisotopic (exact) mass is 458 g/mol. The highest BCUT2D eigenvalue weighted by Gasteiger charge is 2.48. The zero-order valence-corrected chi connectivity index (χ0v) is 20.2. The van der Waals surface area contributed by atoms with Gasteiger partial charge < -0.3 is 11.1 Å². The van der Waals surface area contributed by atoms with Gasteiger partial charge in [0.2, 0.25) is 5.91 Å². The molecule has 0 spiro atoms. The van der Waals surface area contributed by atoms with Crippen LogP contribution in [0, 0.1) is 11.2 Å². The summed E-state index contributed by atoms with van der Waals surface area (Å²) in [4.78, 5) is 14.9. The van der Waals surface area contributed by atoms with Crippen molar-refractivity contribution in [3.8, 4) is 11.1 Å². The van der Waals surface area contributed by atoms with Crippen LogP contribution < -0.4 is 11.1 Å². The van der Waals surface area contributed by atoms with E-state index in [2.05, 4.69) is 38.2 Å². The minimum absolute atomic E-state index is 0.00327. The van der Waals surface area contributed by atoms with E-state index in [1.165, 1.54) is 22.6 Å². The molecule has 1 aliphatic heterocycles. The van der Waals surface area contributed by atoms with Gasteiger partial charge in [-0.1, -0.05) is 63.2 Å². The molecule has 0 aliphatic carbocycles. The lowest BCUT2D eigenvalue weighted by atomic mass is 9.72. The molecular weight excluding hydrogens is 427 g/mol. The summed E-state index contributed by atoms with van der Waals surface area (Å²) < 4.78 is 14.0. The van der Waals surface area contributed by atoms with Gasteiger partial charge in [-0.3, -0.25) is 15.1 Å². The van der Waals surface area contributed by atoms with Crippen LogP contribution in [0.2, 0.25) is 0 Å². The maximum atomic E-state index is 14.0. The van der Waals surface area contributed by atoms with E-state index in [9.17, 15) is 9.18 Å². The van der Waals surface area contributed by atoms with Crippen molar-refractivity contribution in [1.29, 1.82) is 5.41 Å². The van der Waals surface area contributed by atoms with E-state index < -0.39 is 17.3 Å². The summed E-state index contributed by atoms with van der Waals surface area (Å²) in [5.74, 6) is -1.09.